The van der Waals surface area contributed by atoms with Crippen molar-refractivity contribution in [3.05, 3.63) is 23.2 Å². The number of rotatable bonds is 8. The van der Waals surface area contributed by atoms with Gasteiger partial charge in [-0.2, -0.15) is 4.31 Å². The molecule has 1 heterocycles. The topological polar surface area (TPSA) is 134 Å². The van der Waals surface area contributed by atoms with Crippen molar-refractivity contribution in [1.29, 1.82) is 0 Å². The van der Waals surface area contributed by atoms with E-state index in [4.69, 9.17) is 26.2 Å². The summed E-state index contributed by atoms with van der Waals surface area (Å²) in [6.07, 6.45) is 0. The molecule has 1 aromatic carbocycles. The molecule has 0 saturated carbocycles. The third-order valence-corrected chi connectivity index (χ3v) is 5.99. The van der Waals surface area contributed by atoms with Gasteiger partial charge in [0.1, 0.15) is 0 Å². The molecular formula is C16H22ClN3O7S. The van der Waals surface area contributed by atoms with Crippen LogP contribution in [0.2, 0.25) is 5.02 Å². The molecule has 12 heteroatoms. The van der Waals surface area contributed by atoms with Gasteiger partial charge in [0.15, 0.2) is 0 Å². The van der Waals surface area contributed by atoms with Crippen molar-refractivity contribution >= 4 is 39.1 Å². The van der Waals surface area contributed by atoms with Gasteiger partial charge in [0.25, 0.3) is 0 Å². The normalized spacial score (nSPS) is 15.2. The van der Waals surface area contributed by atoms with Crippen LogP contribution in [0.5, 0.6) is 0 Å². The highest BCUT2D eigenvalue weighted by atomic mass is 35.5. The lowest BCUT2D eigenvalue weighted by Gasteiger charge is -2.26. The quantitative estimate of drug-likeness (QED) is 0.367. The molecule has 0 atom stereocenters. The molecule has 0 radical (unpaired) electrons. The van der Waals surface area contributed by atoms with E-state index in [1.807, 2.05) is 0 Å². The zero-order chi connectivity index (χ0) is 20.6. The fourth-order valence-corrected chi connectivity index (χ4v) is 3.96. The predicted molar refractivity (Wildman–Crippen MR) is 101 cm³/mol. The van der Waals surface area contributed by atoms with Crippen LogP contribution < -0.4 is 10.6 Å². The molecule has 0 spiro atoms. The molecule has 28 heavy (non-hydrogen) atoms. The van der Waals surface area contributed by atoms with Crippen LogP contribution in [0, 0.1) is 0 Å². The first-order valence-electron chi connectivity index (χ1n) is 8.51. The van der Waals surface area contributed by atoms with Crippen LogP contribution in [0.4, 0.5) is 5.69 Å². The average Bonchev–Trinajstić information content (AvgIpc) is 2.69. The first kappa shape index (κ1) is 22.5. The first-order chi connectivity index (χ1) is 13.4. The van der Waals surface area contributed by atoms with Crippen LogP contribution in [-0.4, -0.2) is 82.3 Å². The Bertz CT molecular complexity index is 797. The molecule has 2 rings (SSSR count). The molecule has 156 valence electrons. The van der Waals surface area contributed by atoms with Crippen molar-refractivity contribution in [3.8, 4) is 0 Å². The van der Waals surface area contributed by atoms with Gasteiger partial charge in [0, 0.05) is 19.6 Å². The summed E-state index contributed by atoms with van der Waals surface area (Å²) < 4.78 is 36.8. The Kier molecular flexibility index (Phi) is 8.60. The van der Waals surface area contributed by atoms with Crippen molar-refractivity contribution in [2.45, 2.75) is 4.90 Å². The predicted octanol–water partition coefficient (Wildman–Crippen LogP) is -0.575. The summed E-state index contributed by atoms with van der Waals surface area (Å²) in [5.41, 5.74) is 0.00711. The molecule has 0 aromatic heterocycles. The van der Waals surface area contributed by atoms with Crippen molar-refractivity contribution in [3.63, 3.8) is 0 Å². The van der Waals surface area contributed by atoms with Gasteiger partial charge in [-0.3, -0.25) is 9.59 Å². The summed E-state index contributed by atoms with van der Waals surface area (Å²) in [4.78, 5) is 23.8. The summed E-state index contributed by atoms with van der Waals surface area (Å²) in [7, 11) is -3.77. The van der Waals surface area contributed by atoms with Crippen molar-refractivity contribution in [2.75, 3.05) is 58.0 Å². The monoisotopic (exact) mass is 435 g/mol. The summed E-state index contributed by atoms with van der Waals surface area (Å²) in [5, 5.41) is 13.3. The lowest BCUT2D eigenvalue weighted by molar-refractivity contribution is -0.136. The Hall–Kier alpha value is -1.76. The van der Waals surface area contributed by atoms with Crippen molar-refractivity contribution in [2.24, 2.45) is 0 Å². The highest BCUT2D eigenvalue weighted by Crippen LogP contribution is 2.27. The van der Waals surface area contributed by atoms with Crippen LogP contribution >= 0.6 is 11.6 Å². The van der Waals surface area contributed by atoms with Crippen LogP contribution in [0.15, 0.2) is 23.1 Å². The number of carbonyl (C=O) groups excluding carboxylic acids is 2. The Morgan fingerprint density at radius 2 is 1.93 bits per heavy atom. The van der Waals surface area contributed by atoms with Gasteiger partial charge in [-0.05, 0) is 18.2 Å². The van der Waals surface area contributed by atoms with Crippen LogP contribution in [0.3, 0.4) is 0 Å². The van der Waals surface area contributed by atoms with Gasteiger partial charge in [0.2, 0.25) is 10.0 Å². The van der Waals surface area contributed by atoms with Crippen LogP contribution in [0.25, 0.3) is 0 Å². The van der Waals surface area contributed by atoms with E-state index in [0.717, 1.165) is 0 Å². The van der Waals surface area contributed by atoms with E-state index in [1.165, 1.54) is 22.5 Å². The Labute approximate surface area is 167 Å². The average molecular weight is 436 g/mol. The maximum Gasteiger partial charge on any atom is 0.313 e. The van der Waals surface area contributed by atoms with Gasteiger partial charge < -0.3 is 25.2 Å². The first-order valence-corrected chi connectivity index (χ1v) is 10.3. The van der Waals surface area contributed by atoms with Crippen molar-refractivity contribution < 1.29 is 32.6 Å². The zero-order valence-corrected chi connectivity index (χ0v) is 16.6. The Morgan fingerprint density at radius 3 is 2.61 bits per heavy atom. The molecule has 2 amide bonds. The third-order valence-electron chi connectivity index (χ3n) is 3.77. The molecule has 3 N–H and O–H groups in total. The molecule has 1 saturated heterocycles. The second-order valence-corrected chi connectivity index (χ2v) is 8.05. The van der Waals surface area contributed by atoms with E-state index in [0.29, 0.717) is 13.2 Å². The number of nitrogens with zero attached hydrogens (tertiary/aromatic N) is 1. The fraction of sp³-hybridized carbons (Fsp3) is 0.500. The van der Waals surface area contributed by atoms with Crippen LogP contribution in [-0.2, 0) is 29.1 Å². The Morgan fingerprint density at radius 1 is 1.21 bits per heavy atom. The number of benzene rings is 1. The minimum Gasteiger partial charge on any atom is -0.394 e. The molecule has 1 aliphatic heterocycles. The number of hydrogen-bond acceptors (Lipinski definition) is 7. The Balaban J connectivity index is 2.02. The molecule has 1 aliphatic rings. The number of nitrogens with one attached hydrogen (secondary N) is 2. The van der Waals surface area contributed by atoms with Gasteiger partial charge >= 0.3 is 11.8 Å². The van der Waals surface area contributed by atoms with Gasteiger partial charge in [-0.15, -0.1) is 0 Å². The fourth-order valence-electron chi connectivity index (χ4n) is 2.36. The summed E-state index contributed by atoms with van der Waals surface area (Å²) in [5.74, 6) is -1.92. The molecule has 1 fully saturated rings. The van der Waals surface area contributed by atoms with Gasteiger partial charge in [-0.1, -0.05) is 11.6 Å². The second kappa shape index (κ2) is 10.7. The number of amides is 2. The highest BCUT2D eigenvalue weighted by Gasteiger charge is 2.27. The van der Waals surface area contributed by atoms with E-state index < -0.39 is 21.8 Å². The molecule has 0 aliphatic carbocycles. The number of halogens is 1. The van der Waals surface area contributed by atoms with Crippen molar-refractivity contribution in [1.82, 2.24) is 9.62 Å². The second-order valence-electron chi connectivity index (χ2n) is 5.70. The number of aliphatic hydroxyl groups excluding tert-OH is 1. The van der Waals surface area contributed by atoms with Gasteiger partial charge in [-0.25, -0.2) is 8.42 Å². The lowest BCUT2D eigenvalue weighted by atomic mass is 10.3. The minimum atomic E-state index is -3.77. The minimum absolute atomic E-state index is 0.00711. The number of anilines is 1. The maximum absolute atomic E-state index is 12.7. The smallest absolute Gasteiger partial charge is 0.313 e. The molecule has 10 nitrogen and oxygen atoms in total. The summed E-state index contributed by atoms with van der Waals surface area (Å²) in [6, 6.07) is 3.88. The zero-order valence-electron chi connectivity index (χ0n) is 15.0. The summed E-state index contributed by atoms with van der Waals surface area (Å²) >= 11 is 6.02. The SMILES string of the molecule is O=C(NCCOCCO)C(=O)Nc1cc(S(=O)(=O)N2CCOCC2)ccc1Cl. The maximum atomic E-state index is 12.7. The number of carbonyl (C=O) groups is 2. The molecule has 1 aromatic rings. The number of sulfonamides is 1. The van der Waals surface area contributed by atoms with E-state index in [1.54, 1.807) is 0 Å². The van der Waals surface area contributed by atoms with E-state index in [2.05, 4.69) is 10.6 Å². The number of hydrogen-bond donors (Lipinski definition) is 3. The lowest BCUT2D eigenvalue weighted by Crippen LogP contribution is -2.40. The number of morpholine rings is 1. The molecular weight excluding hydrogens is 414 g/mol. The number of aliphatic hydroxyl groups is 1. The van der Waals surface area contributed by atoms with E-state index >= 15 is 0 Å². The van der Waals surface area contributed by atoms with E-state index in [9.17, 15) is 18.0 Å². The summed E-state index contributed by atoms with van der Waals surface area (Å²) in [6.45, 7) is 1.26. The molecule has 0 bridgehead atoms. The van der Waals surface area contributed by atoms with Gasteiger partial charge in [0.05, 0.1) is 48.6 Å². The van der Waals surface area contributed by atoms with E-state index in [-0.39, 0.29) is 55.1 Å². The standard InChI is InChI=1S/C16H22ClN3O7S/c17-13-2-1-12(28(24,25)20-4-8-27-9-5-20)11-14(13)19-16(23)15(22)18-3-7-26-10-6-21/h1-2,11,21H,3-10H2,(H,18,22)(H,19,23). The largest absolute Gasteiger partial charge is 0.394 e. The third kappa shape index (κ3) is 6.12. The number of ether oxygens (including phenoxy) is 2. The highest BCUT2D eigenvalue weighted by molar-refractivity contribution is 7.89. The molecule has 0 unspecified atom stereocenters. The van der Waals surface area contributed by atoms with Crippen LogP contribution in [0.1, 0.15) is 0 Å².